The fourth-order valence-corrected chi connectivity index (χ4v) is 2.64. The zero-order chi connectivity index (χ0) is 18.4. The summed E-state index contributed by atoms with van der Waals surface area (Å²) < 4.78 is 7.42. The van der Waals surface area contributed by atoms with E-state index in [2.05, 4.69) is 43.0 Å². The Kier molecular flexibility index (Phi) is 5.73. The number of aliphatic imine (C=N–C) groups is 1. The molecule has 3 aromatic heterocycles. The first kappa shape index (κ1) is 17.8. The monoisotopic (exact) mass is 355 g/mol. The zero-order valence-corrected chi connectivity index (χ0v) is 15.4. The minimum absolute atomic E-state index is 0.571. The van der Waals surface area contributed by atoms with Crippen molar-refractivity contribution in [1.29, 1.82) is 0 Å². The highest BCUT2D eigenvalue weighted by Gasteiger charge is 2.10. The van der Waals surface area contributed by atoms with Gasteiger partial charge in [-0.15, -0.1) is 0 Å². The van der Waals surface area contributed by atoms with E-state index in [0.29, 0.717) is 24.6 Å². The molecule has 0 atom stereocenters. The molecule has 8 heteroatoms. The first-order valence-corrected chi connectivity index (χ1v) is 8.72. The molecule has 3 rings (SSSR count). The number of nitrogens with zero attached hydrogens (tertiary/aromatic N) is 5. The lowest BCUT2D eigenvalue weighted by Crippen LogP contribution is -2.39. The number of furan rings is 1. The van der Waals surface area contributed by atoms with E-state index in [1.54, 1.807) is 6.26 Å². The molecule has 0 aliphatic heterocycles. The maximum atomic E-state index is 5.31. The molecule has 0 aromatic carbocycles. The summed E-state index contributed by atoms with van der Waals surface area (Å²) in [6.45, 7) is 4.30. The molecule has 3 aromatic rings. The quantitative estimate of drug-likeness (QED) is 0.500. The second-order valence-electron chi connectivity index (χ2n) is 6.04. The lowest BCUT2D eigenvalue weighted by Gasteiger charge is -2.22. The molecule has 0 aliphatic rings. The van der Waals surface area contributed by atoms with Gasteiger partial charge in [-0.25, -0.2) is 4.98 Å². The van der Waals surface area contributed by atoms with Gasteiger partial charge in [-0.3, -0.25) is 10.1 Å². The highest BCUT2D eigenvalue weighted by molar-refractivity contribution is 5.79. The maximum Gasteiger partial charge on any atom is 0.216 e. The molecule has 0 spiro atoms. The maximum absolute atomic E-state index is 5.31. The van der Waals surface area contributed by atoms with Crippen molar-refractivity contribution in [3.8, 4) is 11.6 Å². The Labute approximate surface area is 153 Å². The van der Waals surface area contributed by atoms with Gasteiger partial charge in [0.15, 0.2) is 11.7 Å². The molecule has 138 valence electrons. The molecule has 26 heavy (non-hydrogen) atoms. The van der Waals surface area contributed by atoms with E-state index in [-0.39, 0.29) is 0 Å². The third kappa shape index (κ3) is 4.33. The molecular formula is C18H25N7O. The molecule has 0 fully saturated rings. The van der Waals surface area contributed by atoms with Crippen molar-refractivity contribution in [1.82, 2.24) is 30.0 Å². The van der Waals surface area contributed by atoms with Crippen molar-refractivity contribution in [2.24, 2.45) is 12.0 Å². The predicted molar refractivity (Wildman–Crippen MR) is 101 cm³/mol. The SMILES string of the molecule is CCNC(=NCCc1nc(-c2ccco2)n[nH]1)N(C)Cc1cccn1C. The van der Waals surface area contributed by atoms with Crippen LogP contribution in [0, 0.1) is 0 Å². The Morgan fingerprint density at radius 1 is 1.38 bits per heavy atom. The molecule has 8 nitrogen and oxygen atoms in total. The number of rotatable bonds is 7. The van der Waals surface area contributed by atoms with Gasteiger partial charge in [-0.1, -0.05) is 0 Å². The molecule has 0 unspecified atom stereocenters. The number of H-pyrrole nitrogens is 1. The standard InChI is InChI=1S/C18H25N7O/c1-4-19-18(25(3)13-14-7-5-11-24(14)2)20-10-9-16-21-17(23-22-16)15-8-6-12-26-15/h5-8,11-12H,4,9-10,13H2,1-3H3,(H,19,20)(H,21,22,23). The number of guanidine groups is 1. The summed E-state index contributed by atoms with van der Waals surface area (Å²) in [5.74, 6) is 2.90. The van der Waals surface area contributed by atoms with Crippen LogP contribution in [0.2, 0.25) is 0 Å². The molecule has 0 aliphatic carbocycles. The fraction of sp³-hybridized carbons (Fsp3) is 0.389. The number of aromatic amines is 1. The smallest absolute Gasteiger partial charge is 0.216 e. The van der Waals surface area contributed by atoms with Gasteiger partial charge in [0.05, 0.1) is 12.8 Å². The van der Waals surface area contributed by atoms with Gasteiger partial charge >= 0.3 is 0 Å². The summed E-state index contributed by atoms with van der Waals surface area (Å²) >= 11 is 0. The van der Waals surface area contributed by atoms with Crippen molar-refractivity contribution in [3.63, 3.8) is 0 Å². The minimum atomic E-state index is 0.571. The van der Waals surface area contributed by atoms with Gasteiger partial charge in [-0.2, -0.15) is 5.10 Å². The normalized spacial score (nSPS) is 11.7. The van der Waals surface area contributed by atoms with Crippen molar-refractivity contribution in [2.45, 2.75) is 19.9 Å². The highest BCUT2D eigenvalue weighted by Crippen LogP contribution is 2.14. The zero-order valence-electron chi connectivity index (χ0n) is 15.4. The Bertz CT molecular complexity index is 831. The van der Waals surface area contributed by atoms with E-state index in [1.165, 1.54) is 5.69 Å². The summed E-state index contributed by atoms with van der Waals surface area (Å²) in [5, 5.41) is 10.5. The van der Waals surface area contributed by atoms with Crippen LogP contribution in [-0.4, -0.2) is 50.7 Å². The summed E-state index contributed by atoms with van der Waals surface area (Å²) in [6, 6.07) is 7.83. The fourth-order valence-electron chi connectivity index (χ4n) is 2.64. The van der Waals surface area contributed by atoms with Crippen LogP contribution in [0.5, 0.6) is 0 Å². The number of aryl methyl sites for hydroxylation is 1. The third-order valence-corrected chi connectivity index (χ3v) is 4.03. The van der Waals surface area contributed by atoms with Crippen LogP contribution in [0.4, 0.5) is 0 Å². The summed E-state index contributed by atoms with van der Waals surface area (Å²) in [5.41, 5.74) is 1.23. The lowest BCUT2D eigenvalue weighted by atomic mass is 10.4. The largest absolute Gasteiger partial charge is 0.461 e. The van der Waals surface area contributed by atoms with Crippen LogP contribution in [0.3, 0.4) is 0 Å². The molecule has 0 saturated carbocycles. The molecular weight excluding hydrogens is 330 g/mol. The summed E-state index contributed by atoms with van der Waals surface area (Å²) in [6.07, 6.45) is 4.34. The van der Waals surface area contributed by atoms with Crippen molar-refractivity contribution >= 4 is 5.96 Å². The predicted octanol–water partition coefficient (Wildman–Crippen LogP) is 2.04. The molecule has 0 amide bonds. The van der Waals surface area contributed by atoms with Crippen molar-refractivity contribution < 1.29 is 4.42 Å². The lowest BCUT2D eigenvalue weighted by molar-refractivity contribution is 0.462. The second-order valence-corrected chi connectivity index (χ2v) is 6.04. The van der Waals surface area contributed by atoms with E-state index in [9.17, 15) is 0 Å². The van der Waals surface area contributed by atoms with E-state index < -0.39 is 0 Å². The van der Waals surface area contributed by atoms with Crippen LogP contribution in [0.1, 0.15) is 18.4 Å². The Hall–Kier alpha value is -3.03. The van der Waals surface area contributed by atoms with E-state index in [0.717, 1.165) is 24.9 Å². The minimum Gasteiger partial charge on any atom is -0.461 e. The van der Waals surface area contributed by atoms with Crippen LogP contribution >= 0.6 is 0 Å². The van der Waals surface area contributed by atoms with E-state index in [4.69, 9.17) is 9.41 Å². The van der Waals surface area contributed by atoms with Gasteiger partial charge in [0.2, 0.25) is 5.82 Å². The number of nitrogens with one attached hydrogen (secondary N) is 2. The van der Waals surface area contributed by atoms with Crippen LogP contribution in [0.15, 0.2) is 46.1 Å². The van der Waals surface area contributed by atoms with Crippen LogP contribution in [0.25, 0.3) is 11.6 Å². The van der Waals surface area contributed by atoms with E-state index >= 15 is 0 Å². The van der Waals surface area contributed by atoms with Crippen molar-refractivity contribution in [3.05, 3.63) is 48.2 Å². The van der Waals surface area contributed by atoms with Crippen molar-refractivity contribution in [2.75, 3.05) is 20.1 Å². The molecule has 0 radical (unpaired) electrons. The summed E-state index contributed by atoms with van der Waals surface area (Å²) in [7, 11) is 4.09. The summed E-state index contributed by atoms with van der Waals surface area (Å²) in [4.78, 5) is 11.3. The first-order valence-electron chi connectivity index (χ1n) is 8.72. The molecule has 3 heterocycles. The van der Waals surface area contributed by atoms with Gasteiger partial charge in [0, 0.05) is 45.5 Å². The topological polar surface area (TPSA) is 87.3 Å². The molecule has 2 N–H and O–H groups in total. The third-order valence-electron chi connectivity index (χ3n) is 4.03. The van der Waals surface area contributed by atoms with Gasteiger partial charge < -0.3 is 19.2 Å². The average Bonchev–Trinajstić information content (AvgIpc) is 3.36. The van der Waals surface area contributed by atoms with Crippen LogP contribution < -0.4 is 5.32 Å². The van der Waals surface area contributed by atoms with Crippen LogP contribution in [-0.2, 0) is 20.0 Å². The number of hydrogen-bond acceptors (Lipinski definition) is 4. The molecule has 0 bridgehead atoms. The van der Waals surface area contributed by atoms with Gasteiger partial charge in [0.25, 0.3) is 0 Å². The Morgan fingerprint density at radius 2 is 2.27 bits per heavy atom. The Morgan fingerprint density at radius 3 is 2.96 bits per heavy atom. The van der Waals surface area contributed by atoms with Gasteiger partial charge in [-0.05, 0) is 31.2 Å². The van der Waals surface area contributed by atoms with Gasteiger partial charge in [0.1, 0.15) is 5.82 Å². The Balaban J connectivity index is 1.59. The number of aromatic nitrogens is 4. The molecule has 0 saturated heterocycles. The van der Waals surface area contributed by atoms with E-state index in [1.807, 2.05) is 38.5 Å². The second kappa shape index (κ2) is 8.37. The first-order chi connectivity index (χ1) is 12.7. The highest BCUT2D eigenvalue weighted by atomic mass is 16.3. The number of hydrogen-bond donors (Lipinski definition) is 2. The average molecular weight is 355 g/mol.